The van der Waals surface area contributed by atoms with Crippen LogP contribution in [0.1, 0.15) is 30.4 Å². The third kappa shape index (κ3) is 5.46. The predicted molar refractivity (Wildman–Crippen MR) is 82.0 cm³/mol. The van der Waals surface area contributed by atoms with Gasteiger partial charge in [-0.1, -0.05) is 12.1 Å². The lowest BCUT2D eigenvalue weighted by Crippen LogP contribution is -2.33. The quantitative estimate of drug-likeness (QED) is 0.831. The zero-order chi connectivity index (χ0) is 15.1. The van der Waals surface area contributed by atoms with Gasteiger partial charge in [0.2, 0.25) is 10.0 Å². The molecule has 1 saturated heterocycles. The van der Waals surface area contributed by atoms with Crippen LogP contribution in [-0.4, -0.2) is 28.1 Å². The molecular weight excluding hydrogens is 286 g/mol. The molecule has 2 N–H and O–H groups in total. The van der Waals surface area contributed by atoms with Crippen LogP contribution >= 0.6 is 0 Å². The summed E-state index contributed by atoms with van der Waals surface area (Å²) >= 11 is 0. The molecule has 0 bridgehead atoms. The van der Waals surface area contributed by atoms with Crippen molar-refractivity contribution in [3.8, 4) is 6.07 Å². The average molecular weight is 307 g/mol. The standard InChI is InChI=1S/C15H21N3O2S/c16-10-14-3-1-4-15(9-14)12-21(19,20)18-8-6-13-5-2-7-17-11-13/h1,3-4,9,13,17-18H,2,5-8,11-12H2. The van der Waals surface area contributed by atoms with Crippen LogP contribution in [0.15, 0.2) is 24.3 Å². The molecule has 1 aliphatic rings. The number of hydrogen-bond acceptors (Lipinski definition) is 4. The van der Waals surface area contributed by atoms with Gasteiger partial charge in [0, 0.05) is 6.54 Å². The molecule has 0 aromatic heterocycles. The summed E-state index contributed by atoms with van der Waals surface area (Å²) in [5.74, 6) is 0.481. The maximum absolute atomic E-state index is 12.0. The van der Waals surface area contributed by atoms with Gasteiger partial charge in [-0.15, -0.1) is 0 Å². The number of nitrogens with zero attached hydrogens (tertiary/aromatic N) is 1. The van der Waals surface area contributed by atoms with Crippen LogP contribution in [0.5, 0.6) is 0 Å². The summed E-state index contributed by atoms with van der Waals surface area (Å²) in [6.07, 6.45) is 3.20. The average Bonchev–Trinajstić information content (AvgIpc) is 2.48. The molecule has 0 spiro atoms. The van der Waals surface area contributed by atoms with Gasteiger partial charge in [0.1, 0.15) is 0 Å². The highest BCUT2D eigenvalue weighted by atomic mass is 32.2. The van der Waals surface area contributed by atoms with Crippen LogP contribution in [0.25, 0.3) is 0 Å². The lowest BCUT2D eigenvalue weighted by molar-refractivity contribution is 0.358. The van der Waals surface area contributed by atoms with E-state index in [1.165, 1.54) is 12.8 Å². The minimum Gasteiger partial charge on any atom is -0.316 e. The Labute approximate surface area is 126 Å². The minimum absolute atomic E-state index is 0.0779. The number of nitrogens with one attached hydrogen (secondary N) is 2. The Kier molecular flexibility index (Phi) is 5.74. The van der Waals surface area contributed by atoms with Crippen molar-refractivity contribution in [3.63, 3.8) is 0 Å². The molecule has 1 aromatic carbocycles. The first kappa shape index (κ1) is 16.0. The van der Waals surface area contributed by atoms with Crippen molar-refractivity contribution in [2.24, 2.45) is 5.92 Å². The lowest BCUT2D eigenvalue weighted by atomic mass is 9.96. The number of benzene rings is 1. The van der Waals surface area contributed by atoms with Crippen molar-refractivity contribution in [1.29, 1.82) is 5.26 Å². The monoisotopic (exact) mass is 307 g/mol. The Bertz CT molecular complexity index is 602. The zero-order valence-corrected chi connectivity index (χ0v) is 12.8. The van der Waals surface area contributed by atoms with Crippen LogP contribution in [0.4, 0.5) is 0 Å². The van der Waals surface area contributed by atoms with Crippen LogP contribution in [0.2, 0.25) is 0 Å². The summed E-state index contributed by atoms with van der Waals surface area (Å²) in [6, 6.07) is 8.73. The number of sulfonamides is 1. The third-order valence-electron chi connectivity index (χ3n) is 3.69. The molecule has 0 saturated carbocycles. The van der Waals surface area contributed by atoms with Crippen molar-refractivity contribution >= 4 is 10.0 Å². The fraction of sp³-hybridized carbons (Fsp3) is 0.533. The van der Waals surface area contributed by atoms with E-state index in [0.717, 1.165) is 19.5 Å². The highest BCUT2D eigenvalue weighted by Gasteiger charge is 2.15. The molecule has 5 nitrogen and oxygen atoms in total. The van der Waals surface area contributed by atoms with Gasteiger partial charge in [0.25, 0.3) is 0 Å². The van der Waals surface area contributed by atoms with E-state index < -0.39 is 10.0 Å². The van der Waals surface area contributed by atoms with Crippen molar-refractivity contribution < 1.29 is 8.42 Å². The number of hydrogen-bond donors (Lipinski definition) is 2. The Morgan fingerprint density at radius 3 is 3.00 bits per heavy atom. The normalized spacial score (nSPS) is 19.1. The van der Waals surface area contributed by atoms with E-state index in [-0.39, 0.29) is 5.75 Å². The molecule has 6 heteroatoms. The second kappa shape index (κ2) is 7.55. The molecule has 1 aromatic rings. The number of nitriles is 1. The zero-order valence-electron chi connectivity index (χ0n) is 12.0. The van der Waals surface area contributed by atoms with Crippen LogP contribution in [-0.2, 0) is 15.8 Å². The van der Waals surface area contributed by atoms with Crippen molar-refractivity contribution in [2.45, 2.75) is 25.0 Å². The summed E-state index contributed by atoms with van der Waals surface area (Å²) in [5, 5.41) is 12.2. The summed E-state index contributed by atoms with van der Waals surface area (Å²) in [5.41, 5.74) is 1.12. The van der Waals surface area contributed by atoms with Crippen LogP contribution in [0, 0.1) is 17.2 Å². The van der Waals surface area contributed by atoms with E-state index in [1.54, 1.807) is 24.3 Å². The molecule has 1 unspecified atom stereocenters. The van der Waals surface area contributed by atoms with E-state index >= 15 is 0 Å². The smallest absolute Gasteiger partial charge is 0.215 e. The Morgan fingerprint density at radius 2 is 2.29 bits per heavy atom. The minimum atomic E-state index is -3.34. The Morgan fingerprint density at radius 1 is 1.43 bits per heavy atom. The van der Waals surface area contributed by atoms with Gasteiger partial charge in [-0.2, -0.15) is 5.26 Å². The Balaban J connectivity index is 1.82. The molecule has 1 fully saturated rings. The SMILES string of the molecule is N#Cc1cccc(CS(=O)(=O)NCCC2CCCNC2)c1. The topological polar surface area (TPSA) is 82.0 Å². The lowest BCUT2D eigenvalue weighted by Gasteiger charge is -2.22. The fourth-order valence-corrected chi connectivity index (χ4v) is 3.74. The molecule has 114 valence electrons. The molecule has 0 aliphatic carbocycles. The van der Waals surface area contributed by atoms with Gasteiger partial charge in [0.15, 0.2) is 0 Å². The molecule has 2 rings (SSSR count). The Hall–Kier alpha value is -1.42. The first-order valence-electron chi connectivity index (χ1n) is 7.26. The molecular formula is C15H21N3O2S. The first-order chi connectivity index (χ1) is 10.1. The van der Waals surface area contributed by atoms with E-state index in [1.807, 2.05) is 6.07 Å². The number of piperidine rings is 1. The first-order valence-corrected chi connectivity index (χ1v) is 8.91. The fourth-order valence-electron chi connectivity index (χ4n) is 2.59. The third-order valence-corrected chi connectivity index (χ3v) is 5.04. The van der Waals surface area contributed by atoms with Crippen LogP contribution in [0.3, 0.4) is 0 Å². The van der Waals surface area contributed by atoms with E-state index in [9.17, 15) is 8.42 Å². The van der Waals surface area contributed by atoms with E-state index in [4.69, 9.17) is 5.26 Å². The van der Waals surface area contributed by atoms with Crippen molar-refractivity contribution in [2.75, 3.05) is 19.6 Å². The van der Waals surface area contributed by atoms with Crippen molar-refractivity contribution in [3.05, 3.63) is 35.4 Å². The molecule has 1 atom stereocenters. The molecule has 1 heterocycles. The van der Waals surface area contributed by atoms with Gasteiger partial charge in [-0.3, -0.25) is 0 Å². The maximum Gasteiger partial charge on any atom is 0.215 e. The van der Waals surface area contributed by atoms with E-state index in [0.29, 0.717) is 23.6 Å². The van der Waals surface area contributed by atoms with E-state index in [2.05, 4.69) is 10.0 Å². The molecule has 0 amide bonds. The van der Waals surface area contributed by atoms with Gasteiger partial charge < -0.3 is 5.32 Å². The van der Waals surface area contributed by atoms with Gasteiger partial charge in [0.05, 0.1) is 17.4 Å². The van der Waals surface area contributed by atoms with Crippen LogP contribution < -0.4 is 10.0 Å². The summed E-state index contributed by atoms with van der Waals surface area (Å²) in [6.45, 7) is 2.52. The second-order valence-electron chi connectivity index (χ2n) is 5.47. The predicted octanol–water partition coefficient (Wildman–Crippen LogP) is 1.37. The highest BCUT2D eigenvalue weighted by molar-refractivity contribution is 7.88. The molecule has 1 aliphatic heterocycles. The van der Waals surface area contributed by atoms with Gasteiger partial charge in [-0.05, 0) is 56.0 Å². The molecule has 0 radical (unpaired) electrons. The second-order valence-corrected chi connectivity index (χ2v) is 7.27. The van der Waals surface area contributed by atoms with Crippen molar-refractivity contribution in [1.82, 2.24) is 10.0 Å². The summed E-state index contributed by atoms with van der Waals surface area (Å²) in [7, 11) is -3.34. The highest BCUT2D eigenvalue weighted by Crippen LogP contribution is 2.13. The summed E-state index contributed by atoms with van der Waals surface area (Å²) < 4.78 is 26.7. The summed E-state index contributed by atoms with van der Waals surface area (Å²) in [4.78, 5) is 0. The number of rotatable bonds is 6. The largest absolute Gasteiger partial charge is 0.316 e. The maximum atomic E-state index is 12.0. The molecule has 21 heavy (non-hydrogen) atoms. The van der Waals surface area contributed by atoms with Gasteiger partial charge >= 0.3 is 0 Å². The van der Waals surface area contributed by atoms with Gasteiger partial charge in [-0.25, -0.2) is 13.1 Å².